The normalized spacial score (nSPS) is 10.7. The molecule has 0 aliphatic carbocycles. The van der Waals surface area contributed by atoms with Crippen LogP contribution in [-0.2, 0) is 13.0 Å². The Hall–Kier alpha value is -2.79. The first-order valence-corrected chi connectivity index (χ1v) is 8.84. The quantitative estimate of drug-likeness (QED) is 0.642. The zero-order chi connectivity index (χ0) is 18.4. The molecule has 0 saturated carbocycles. The minimum Gasteiger partial charge on any atom is -0.332 e. The minimum atomic E-state index is -0.129. The zero-order valence-electron chi connectivity index (χ0n) is 14.4. The van der Waals surface area contributed by atoms with Gasteiger partial charge >= 0.3 is 6.03 Å². The highest BCUT2D eigenvalue weighted by Gasteiger charge is 2.12. The lowest BCUT2D eigenvalue weighted by molar-refractivity contribution is 0.203. The summed E-state index contributed by atoms with van der Waals surface area (Å²) in [7, 11) is 0. The molecule has 0 bridgehead atoms. The maximum Gasteiger partial charge on any atom is 0.318 e. The first-order chi connectivity index (χ1) is 12.7. The van der Waals surface area contributed by atoms with Crippen molar-refractivity contribution in [3.63, 3.8) is 0 Å². The third-order valence-corrected chi connectivity index (χ3v) is 4.26. The number of aromatic nitrogens is 2. The van der Waals surface area contributed by atoms with Crippen LogP contribution < -0.4 is 5.32 Å². The molecule has 0 atom stereocenters. The lowest BCUT2D eigenvalue weighted by atomic mass is 10.1. The molecule has 2 aromatic heterocycles. The number of rotatable bonds is 7. The molecule has 2 heterocycles. The highest BCUT2D eigenvalue weighted by atomic mass is 35.5. The van der Waals surface area contributed by atoms with Crippen molar-refractivity contribution in [1.82, 2.24) is 19.6 Å². The van der Waals surface area contributed by atoms with Gasteiger partial charge in [0.2, 0.25) is 0 Å². The van der Waals surface area contributed by atoms with Crippen molar-refractivity contribution in [3.8, 4) is 0 Å². The van der Waals surface area contributed by atoms with Crippen molar-refractivity contribution >= 4 is 23.3 Å². The van der Waals surface area contributed by atoms with Gasteiger partial charge in [-0.2, -0.15) is 0 Å². The number of nitrogens with zero attached hydrogens (tertiary/aromatic N) is 3. The maximum absolute atomic E-state index is 12.5. The van der Waals surface area contributed by atoms with Gasteiger partial charge in [-0.3, -0.25) is 0 Å². The number of hydrogen-bond acceptors (Lipinski definition) is 2. The van der Waals surface area contributed by atoms with E-state index in [0.29, 0.717) is 24.7 Å². The maximum atomic E-state index is 12.5. The van der Waals surface area contributed by atoms with E-state index in [9.17, 15) is 4.79 Å². The second-order valence-corrected chi connectivity index (χ2v) is 6.41. The first-order valence-electron chi connectivity index (χ1n) is 8.46. The molecule has 6 heteroatoms. The molecule has 134 valence electrons. The Morgan fingerprint density at radius 2 is 2.04 bits per heavy atom. The number of amides is 2. The van der Waals surface area contributed by atoms with Crippen molar-refractivity contribution in [1.29, 1.82) is 0 Å². The smallest absolute Gasteiger partial charge is 0.318 e. The average molecular weight is 369 g/mol. The predicted octanol–water partition coefficient (Wildman–Crippen LogP) is 3.93. The number of carbonyl (C=O) groups excluding carboxylic acids is 1. The molecule has 1 N–H and O–H groups in total. The SMILES string of the molecule is C=CCN(CCc1ccccc1)C(=O)NCc1cn2cc(Cl)ccc2n1. The number of nitrogens with one attached hydrogen (secondary N) is 1. The van der Waals surface area contributed by atoms with Crippen LogP contribution in [-0.4, -0.2) is 33.4 Å². The number of pyridine rings is 1. The van der Waals surface area contributed by atoms with Gasteiger partial charge in [0.1, 0.15) is 5.65 Å². The largest absolute Gasteiger partial charge is 0.332 e. The number of halogens is 1. The molecule has 3 rings (SSSR count). The van der Waals surface area contributed by atoms with Crippen LogP contribution in [0.3, 0.4) is 0 Å². The van der Waals surface area contributed by atoms with Crippen LogP contribution in [0.25, 0.3) is 5.65 Å². The summed E-state index contributed by atoms with van der Waals surface area (Å²) in [5.41, 5.74) is 2.78. The summed E-state index contributed by atoms with van der Waals surface area (Å²) in [4.78, 5) is 18.7. The van der Waals surface area contributed by atoms with E-state index in [2.05, 4.69) is 29.0 Å². The molecule has 3 aromatic rings. The van der Waals surface area contributed by atoms with Crippen molar-refractivity contribution in [2.45, 2.75) is 13.0 Å². The van der Waals surface area contributed by atoms with Gasteiger partial charge in [0.15, 0.2) is 0 Å². The zero-order valence-corrected chi connectivity index (χ0v) is 15.2. The third-order valence-electron chi connectivity index (χ3n) is 4.04. The topological polar surface area (TPSA) is 49.6 Å². The van der Waals surface area contributed by atoms with Crippen molar-refractivity contribution in [3.05, 3.63) is 83.8 Å². The van der Waals surface area contributed by atoms with Crippen LogP contribution in [0.5, 0.6) is 0 Å². The van der Waals surface area contributed by atoms with Crippen LogP contribution >= 0.6 is 11.6 Å². The van der Waals surface area contributed by atoms with Crippen molar-refractivity contribution < 1.29 is 4.79 Å². The minimum absolute atomic E-state index is 0.129. The molecule has 0 spiro atoms. The standard InChI is InChI=1S/C20H21ClN4O/c1-2-11-24(12-10-16-6-4-3-5-7-16)20(26)22-13-18-15-25-14-17(21)8-9-19(25)23-18/h2-9,14-15H,1,10-13H2,(H,22,26). The number of urea groups is 1. The molecule has 26 heavy (non-hydrogen) atoms. The summed E-state index contributed by atoms with van der Waals surface area (Å²) in [6.07, 6.45) is 6.19. The number of carbonyl (C=O) groups is 1. The summed E-state index contributed by atoms with van der Waals surface area (Å²) in [5, 5.41) is 3.57. The Balaban J connectivity index is 1.58. The highest BCUT2D eigenvalue weighted by molar-refractivity contribution is 6.30. The predicted molar refractivity (Wildman–Crippen MR) is 104 cm³/mol. The Morgan fingerprint density at radius 1 is 1.23 bits per heavy atom. The van der Waals surface area contributed by atoms with Gasteiger partial charge in [0.05, 0.1) is 17.3 Å². The molecule has 5 nitrogen and oxygen atoms in total. The second-order valence-electron chi connectivity index (χ2n) is 5.97. The van der Waals surface area contributed by atoms with E-state index in [1.165, 1.54) is 5.56 Å². The summed E-state index contributed by atoms with van der Waals surface area (Å²) in [5.74, 6) is 0. The van der Waals surface area contributed by atoms with E-state index >= 15 is 0 Å². The van der Waals surface area contributed by atoms with Crippen molar-refractivity contribution in [2.75, 3.05) is 13.1 Å². The molecule has 0 aliphatic rings. The molecule has 0 saturated heterocycles. The summed E-state index contributed by atoms with van der Waals surface area (Å²) >= 11 is 5.98. The van der Waals surface area contributed by atoms with Gasteiger partial charge in [-0.15, -0.1) is 6.58 Å². The van der Waals surface area contributed by atoms with Gasteiger partial charge in [0.25, 0.3) is 0 Å². The molecule has 0 unspecified atom stereocenters. The molecular formula is C20H21ClN4O. The number of benzene rings is 1. The lowest BCUT2D eigenvalue weighted by Crippen LogP contribution is -2.40. The number of fused-ring (bicyclic) bond motifs is 1. The Labute approximate surface area is 157 Å². The molecule has 0 radical (unpaired) electrons. The summed E-state index contributed by atoms with van der Waals surface area (Å²) < 4.78 is 1.85. The van der Waals surface area contributed by atoms with E-state index in [0.717, 1.165) is 17.8 Å². The van der Waals surface area contributed by atoms with E-state index in [4.69, 9.17) is 11.6 Å². The van der Waals surface area contributed by atoms with E-state index in [1.807, 2.05) is 34.9 Å². The van der Waals surface area contributed by atoms with Gasteiger partial charge in [-0.05, 0) is 24.1 Å². The molecule has 0 aliphatic heterocycles. The van der Waals surface area contributed by atoms with Gasteiger partial charge in [0, 0.05) is 25.5 Å². The van der Waals surface area contributed by atoms with Crippen LogP contribution in [0, 0.1) is 0 Å². The fourth-order valence-corrected chi connectivity index (χ4v) is 2.89. The Kier molecular flexibility index (Phi) is 5.92. The number of imidazole rings is 1. The third kappa shape index (κ3) is 4.64. The lowest BCUT2D eigenvalue weighted by Gasteiger charge is -2.21. The van der Waals surface area contributed by atoms with E-state index < -0.39 is 0 Å². The molecule has 0 fully saturated rings. The monoisotopic (exact) mass is 368 g/mol. The Morgan fingerprint density at radius 3 is 2.81 bits per heavy atom. The number of hydrogen-bond donors (Lipinski definition) is 1. The van der Waals surface area contributed by atoms with Crippen LogP contribution in [0.2, 0.25) is 5.02 Å². The first kappa shape index (κ1) is 18.0. The molecular weight excluding hydrogens is 348 g/mol. The van der Waals surface area contributed by atoms with E-state index in [1.54, 1.807) is 23.2 Å². The molecule has 1 aromatic carbocycles. The van der Waals surface area contributed by atoms with Crippen LogP contribution in [0.15, 0.2) is 67.5 Å². The van der Waals surface area contributed by atoms with Gasteiger partial charge in [-0.25, -0.2) is 9.78 Å². The summed E-state index contributed by atoms with van der Waals surface area (Å²) in [6.45, 7) is 5.23. The molecule has 2 amide bonds. The second kappa shape index (κ2) is 8.54. The average Bonchev–Trinajstić information content (AvgIpc) is 3.06. The van der Waals surface area contributed by atoms with Crippen LogP contribution in [0.4, 0.5) is 4.79 Å². The highest BCUT2D eigenvalue weighted by Crippen LogP contribution is 2.11. The van der Waals surface area contributed by atoms with Crippen LogP contribution in [0.1, 0.15) is 11.3 Å². The summed E-state index contributed by atoms with van der Waals surface area (Å²) in [6, 6.07) is 13.6. The van der Waals surface area contributed by atoms with Gasteiger partial charge in [-0.1, -0.05) is 48.0 Å². The van der Waals surface area contributed by atoms with Gasteiger partial charge < -0.3 is 14.6 Å². The Bertz CT molecular complexity index is 891. The fraction of sp³-hybridized carbons (Fsp3) is 0.200. The van der Waals surface area contributed by atoms with Crippen molar-refractivity contribution in [2.24, 2.45) is 0 Å². The van der Waals surface area contributed by atoms with E-state index in [-0.39, 0.29) is 6.03 Å². The fourth-order valence-electron chi connectivity index (χ4n) is 2.72.